The van der Waals surface area contributed by atoms with Crippen LogP contribution in [0.25, 0.3) is 6.08 Å². The summed E-state index contributed by atoms with van der Waals surface area (Å²) in [5.41, 5.74) is 5.46. The van der Waals surface area contributed by atoms with Crippen LogP contribution in [0.15, 0.2) is 35.7 Å². The molecule has 1 heterocycles. The summed E-state index contributed by atoms with van der Waals surface area (Å²) in [4.78, 5) is 39.7. The van der Waals surface area contributed by atoms with E-state index in [0.29, 0.717) is 5.69 Å². The summed E-state index contributed by atoms with van der Waals surface area (Å²) < 4.78 is 18.8. The van der Waals surface area contributed by atoms with Gasteiger partial charge in [0.25, 0.3) is 5.91 Å². The van der Waals surface area contributed by atoms with Crippen LogP contribution in [0.5, 0.6) is 0 Å². The number of primary amides is 1. The minimum atomic E-state index is -1.05. The maximum Gasteiger partial charge on any atom is 0.331 e. The highest BCUT2D eigenvalue weighted by atomic mass is 32.1. The molecule has 26 heavy (non-hydrogen) atoms. The van der Waals surface area contributed by atoms with E-state index in [1.807, 2.05) is 0 Å². The third kappa shape index (κ3) is 4.73. The van der Waals surface area contributed by atoms with Crippen LogP contribution in [0.3, 0.4) is 0 Å². The molecule has 0 radical (unpaired) electrons. The molecule has 0 saturated carbocycles. The lowest BCUT2D eigenvalue weighted by molar-refractivity contribution is -0.148. The molecule has 0 aliphatic rings. The van der Waals surface area contributed by atoms with Crippen molar-refractivity contribution in [2.75, 3.05) is 4.90 Å². The second-order valence-corrected chi connectivity index (χ2v) is 6.01. The Bertz CT molecular complexity index is 865. The van der Waals surface area contributed by atoms with Crippen LogP contribution in [0.4, 0.5) is 15.2 Å². The molecule has 2 rings (SSSR count). The van der Waals surface area contributed by atoms with Crippen molar-refractivity contribution < 1.29 is 23.5 Å². The Labute approximate surface area is 152 Å². The first-order chi connectivity index (χ1) is 12.3. The van der Waals surface area contributed by atoms with Gasteiger partial charge in [0.1, 0.15) is 5.82 Å². The Morgan fingerprint density at radius 1 is 1.35 bits per heavy atom. The molecule has 136 valence electrons. The Kier molecular flexibility index (Phi) is 6.18. The zero-order valence-corrected chi connectivity index (χ0v) is 14.8. The molecule has 7 nitrogen and oxygen atoms in total. The highest BCUT2D eigenvalue weighted by Crippen LogP contribution is 2.30. The van der Waals surface area contributed by atoms with Gasteiger partial charge >= 0.3 is 5.97 Å². The summed E-state index contributed by atoms with van der Waals surface area (Å²) in [5.74, 6) is -2.48. The molecule has 9 heteroatoms. The average molecular weight is 377 g/mol. The number of ether oxygens (including phenoxy) is 1. The molecule has 1 aromatic heterocycles. The molecule has 0 fully saturated rings. The second-order valence-electron chi connectivity index (χ2n) is 5.18. The van der Waals surface area contributed by atoms with Crippen molar-refractivity contribution in [3.05, 3.63) is 47.2 Å². The molecule has 1 atom stereocenters. The zero-order valence-electron chi connectivity index (χ0n) is 14.0. The number of amides is 2. The number of hydrogen-bond acceptors (Lipinski definition) is 6. The largest absolute Gasteiger partial charge is 0.449 e. The molecule has 2 amide bonds. The molecule has 0 unspecified atom stereocenters. The first-order valence-electron chi connectivity index (χ1n) is 7.48. The minimum absolute atomic E-state index is 0.0829. The van der Waals surface area contributed by atoms with Crippen LogP contribution in [-0.4, -0.2) is 28.9 Å². The minimum Gasteiger partial charge on any atom is -0.449 e. The predicted molar refractivity (Wildman–Crippen MR) is 95.1 cm³/mol. The Hall–Kier alpha value is -3.07. The first kappa shape index (κ1) is 19.3. The van der Waals surface area contributed by atoms with Gasteiger partial charge in [-0.05, 0) is 25.1 Å². The van der Waals surface area contributed by atoms with E-state index in [9.17, 15) is 18.8 Å². The number of rotatable bonds is 6. The maximum absolute atomic E-state index is 14.0. The normalized spacial score (nSPS) is 12.0. The summed E-state index contributed by atoms with van der Waals surface area (Å²) in [5, 5.41) is 1.84. The number of thiazole rings is 1. The number of anilines is 2. The number of carbonyl (C=O) groups excluding carboxylic acids is 3. The SMILES string of the molecule is CC(=O)N(c1nc(/C=C/C(=O)O[C@@H](C)C(N)=O)cs1)c1ccccc1F. The number of hydrogen-bond donors (Lipinski definition) is 1. The Morgan fingerprint density at radius 3 is 2.65 bits per heavy atom. The number of carbonyl (C=O) groups is 3. The van der Waals surface area contributed by atoms with E-state index in [0.717, 1.165) is 22.3 Å². The number of halogens is 1. The number of nitrogens with zero attached hydrogens (tertiary/aromatic N) is 2. The van der Waals surface area contributed by atoms with E-state index in [2.05, 4.69) is 4.98 Å². The standard InChI is InChI=1S/C17H16FN3O4S/c1-10(16(19)24)25-15(23)8-7-12-9-26-17(20-12)21(11(2)22)14-6-4-3-5-13(14)18/h3-10H,1-2H3,(H2,19,24)/b8-7+/t10-/m0/s1. The third-order valence-corrected chi connectivity index (χ3v) is 4.04. The highest BCUT2D eigenvalue weighted by molar-refractivity contribution is 7.14. The lowest BCUT2D eigenvalue weighted by Crippen LogP contribution is -2.29. The molecule has 0 spiro atoms. The van der Waals surface area contributed by atoms with Crippen molar-refractivity contribution in [2.45, 2.75) is 20.0 Å². The number of para-hydroxylation sites is 1. The summed E-state index contributed by atoms with van der Waals surface area (Å²) in [6.07, 6.45) is 1.39. The van der Waals surface area contributed by atoms with Crippen molar-refractivity contribution in [3.8, 4) is 0 Å². The fraction of sp³-hybridized carbons (Fsp3) is 0.176. The number of esters is 1. The van der Waals surface area contributed by atoms with E-state index in [1.54, 1.807) is 11.4 Å². The number of benzene rings is 1. The lowest BCUT2D eigenvalue weighted by Gasteiger charge is -2.18. The van der Waals surface area contributed by atoms with E-state index >= 15 is 0 Å². The smallest absolute Gasteiger partial charge is 0.331 e. The van der Waals surface area contributed by atoms with E-state index in [-0.39, 0.29) is 10.8 Å². The van der Waals surface area contributed by atoms with Gasteiger partial charge in [0, 0.05) is 18.4 Å². The molecule has 0 saturated heterocycles. The first-order valence-corrected chi connectivity index (χ1v) is 8.36. The van der Waals surface area contributed by atoms with Crippen LogP contribution in [0.1, 0.15) is 19.5 Å². The van der Waals surface area contributed by atoms with Crippen molar-refractivity contribution in [1.82, 2.24) is 4.98 Å². The molecular formula is C17H16FN3O4S. The highest BCUT2D eigenvalue weighted by Gasteiger charge is 2.20. The molecule has 1 aromatic carbocycles. The van der Waals surface area contributed by atoms with Crippen LogP contribution in [0.2, 0.25) is 0 Å². The van der Waals surface area contributed by atoms with Crippen molar-refractivity contribution in [2.24, 2.45) is 5.73 Å². The van der Waals surface area contributed by atoms with E-state index < -0.39 is 29.7 Å². The van der Waals surface area contributed by atoms with Gasteiger partial charge in [-0.1, -0.05) is 12.1 Å². The van der Waals surface area contributed by atoms with Gasteiger partial charge in [-0.2, -0.15) is 0 Å². The van der Waals surface area contributed by atoms with Crippen LogP contribution in [0, 0.1) is 5.82 Å². The Morgan fingerprint density at radius 2 is 2.04 bits per heavy atom. The van der Waals surface area contributed by atoms with Crippen molar-refractivity contribution >= 4 is 46.0 Å². The molecule has 0 bridgehead atoms. The second kappa shape index (κ2) is 8.34. The van der Waals surface area contributed by atoms with Crippen LogP contribution >= 0.6 is 11.3 Å². The average Bonchev–Trinajstić information content (AvgIpc) is 3.03. The monoisotopic (exact) mass is 377 g/mol. The molecule has 0 aliphatic carbocycles. The Balaban J connectivity index is 2.18. The maximum atomic E-state index is 14.0. The van der Waals surface area contributed by atoms with E-state index in [1.165, 1.54) is 38.1 Å². The van der Waals surface area contributed by atoms with Crippen LogP contribution in [-0.2, 0) is 19.1 Å². The summed E-state index contributed by atoms with van der Waals surface area (Å²) in [6.45, 7) is 2.65. The van der Waals surface area contributed by atoms with Gasteiger partial charge in [-0.15, -0.1) is 11.3 Å². The number of nitrogens with two attached hydrogens (primary N) is 1. The summed E-state index contributed by atoms with van der Waals surface area (Å²) in [6, 6.07) is 5.84. The van der Waals surface area contributed by atoms with Gasteiger partial charge in [0.15, 0.2) is 11.2 Å². The molecule has 0 aliphatic heterocycles. The van der Waals surface area contributed by atoms with Gasteiger partial charge in [-0.3, -0.25) is 14.5 Å². The van der Waals surface area contributed by atoms with Crippen LogP contribution < -0.4 is 10.6 Å². The fourth-order valence-corrected chi connectivity index (χ4v) is 2.77. The molecular weight excluding hydrogens is 361 g/mol. The van der Waals surface area contributed by atoms with Gasteiger partial charge in [0.2, 0.25) is 5.91 Å². The van der Waals surface area contributed by atoms with Gasteiger partial charge in [0.05, 0.1) is 11.4 Å². The summed E-state index contributed by atoms with van der Waals surface area (Å²) >= 11 is 1.11. The van der Waals surface area contributed by atoms with Gasteiger partial charge < -0.3 is 10.5 Å². The fourth-order valence-electron chi connectivity index (χ4n) is 1.92. The number of aromatic nitrogens is 1. The molecule has 2 N–H and O–H groups in total. The zero-order chi connectivity index (χ0) is 19.3. The lowest BCUT2D eigenvalue weighted by atomic mass is 10.3. The topological polar surface area (TPSA) is 103 Å². The van der Waals surface area contributed by atoms with Crippen molar-refractivity contribution in [1.29, 1.82) is 0 Å². The van der Waals surface area contributed by atoms with E-state index in [4.69, 9.17) is 10.5 Å². The van der Waals surface area contributed by atoms with Gasteiger partial charge in [-0.25, -0.2) is 14.2 Å². The predicted octanol–water partition coefficient (Wildman–Crippen LogP) is 2.40. The third-order valence-electron chi connectivity index (χ3n) is 3.19. The van der Waals surface area contributed by atoms with Crippen molar-refractivity contribution in [3.63, 3.8) is 0 Å². The quantitative estimate of drug-likeness (QED) is 0.615. The molecule has 2 aromatic rings. The summed E-state index contributed by atoms with van der Waals surface area (Å²) in [7, 11) is 0.